The number of hydrogen-bond donors (Lipinski definition) is 2. The van der Waals surface area contributed by atoms with E-state index in [4.69, 9.17) is 4.74 Å². The molecule has 2 N–H and O–H groups in total. The van der Waals surface area contributed by atoms with Crippen molar-refractivity contribution in [1.82, 2.24) is 10.3 Å². The van der Waals surface area contributed by atoms with E-state index in [0.717, 1.165) is 49.5 Å². The molecule has 1 saturated heterocycles. The lowest BCUT2D eigenvalue weighted by Crippen LogP contribution is -2.36. The summed E-state index contributed by atoms with van der Waals surface area (Å²) in [6, 6.07) is 9.87. The summed E-state index contributed by atoms with van der Waals surface area (Å²) in [5.74, 6) is 1.12. The van der Waals surface area contributed by atoms with Gasteiger partial charge in [0.2, 0.25) is 0 Å². The number of anilines is 2. The highest BCUT2D eigenvalue weighted by molar-refractivity contribution is 5.97. The summed E-state index contributed by atoms with van der Waals surface area (Å²) in [4.78, 5) is 30.3. The van der Waals surface area contributed by atoms with E-state index in [0.29, 0.717) is 18.0 Å². The molecule has 0 bridgehead atoms. The SMILES string of the molecule is CC[C@H]1Oc2ccc(CC3CCN(c4ccc(C(=O)NC)nc4)CC3)cc2NC1=O. The maximum Gasteiger partial charge on any atom is 0.269 e. The molecule has 7 nitrogen and oxygen atoms in total. The number of nitrogens with one attached hydrogen (secondary N) is 2. The Morgan fingerprint density at radius 3 is 2.73 bits per heavy atom. The van der Waals surface area contributed by atoms with Gasteiger partial charge < -0.3 is 20.3 Å². The lowest BCUT2D eigenvalue weighted by Gasteiger charge is -2.33. The van der Waals surface area contributed by atoms with Crippen molar-refractivity contribution < 1.29 is 14.3 Å². The van der Waals surface area contributed by atoms with Crippen LogP contribution in [0.3, 0.4) is 0 Å². The Morgan fingerprint density at radius 1 is 1.27 bits per heavy atom. The third kappa shape index (κ3) is 4.25. The molecule has 0 unspecified atom stereocenters. The Morgan fingerprint density at radius 2 is 2.07 bits per heavy atom. The second-order valence-electron chi connectivity index (χ2n) is 7.95. The molecule has 158 valence electrons. The summed E-state index contributed by atoms with van der Waals surface area (Å²) in [7, 11) is 1.61. The fourth-order valence-corrected chi connectivity index (χ4v) is 4.16. The first-order valence-electron chi connectivity index (χ1n) is 10.6. The van der Waals surface area contributed by atoms with Crippen LogP contribution in [-0.2, 0) is 11.2 Å². The number of nitrogens with zero attached hydrogens (tertiary/aromatic N) is 2. The molecule has 0 saturated carbocycles. The molecule has 1 atom stereocenters. The van der Waals surface area contributed by atoms with Crippen LogP contribution in [0.15, 0.2) is 36.5 Å². The number of fused-ring (bicyclic) bond motifs is 1. The van der Waals surface area contributed by atoms with Crippen molar-refractivity contribution in [3.8, 4) is 5.75 Å². The van der Waals surface area contributed by atoms with Gasteiger partial charge in [0.1, 0.15) is 11.4 Å². The quantitative estimate of drug-likeness (QED) is 0.795. The molecule has 4 rings (SSSR count). The minimum absolute atomic E-state index is 0.0634. The molecule has 3 heterocycles. The number of amides is 2. The highest BCUT2D eigenvalue weighted by Crippen LogP contribution is 2.33. The number of pyridine rings is 1. The van der Waals surface area contributed by atoms with Crippen molar-refractivity contribution in [3.05, 3.63) is 47.8 Å². The monoisotopic (exact) mass is 408 g/mol. The Hall–Kier alpha value is -3.09. The van der Waals surface area contributed by atoms with Gasteiger partial charge in [0.25, 0.3) is 11.8 Å². The maximum absolute atomic E-state index is 12.1. The normalized spacial score (nSPS) is 18.9. The van der Waals surface area contributed by atoms with Gasteiger partial charge in [-0.15, -0.1) is 0 Å². The van der Waals surface area contributed by atoms with Crippen LogP contribution < -0.4 is 20.3 Å². The summed E-state index contributed by atoms with van der Waals surface area (Å²) >= 11 is 0. The zero-order valence-electron chi connectivity index (χ0n) is 17.5. The molecular weight excluding hydrogens is 380 g/mol. The Balaban J connectivity index is 1.34. The molecular formula is C23H28N4O3. The van der Waals surface area contributed by atoms with Crippen LogP contribution in [0.2, 0.25) is 0 Å². The van der Waals surface area contributed by atoms with Crippen molar-refractivity contribution in [1.29, 1.82) is 0 Å². The van der Waals surface area contributed by atoms with Crippen molar-refractivity contribution in [2.45, 2.75) is 38.7 Å². The smallest absolute Gasteiger partial charge is 0.269 e. The molecule has 1 aromatic carbocycles. The number of rotatable bonds is 5. The number of benzene rings is 1. The number of carbonyl (C=O) groups excluding carboxylic acids is 2. The average molecular weight is 409 g/mol. The van der Waals surface area contributed by atoms with Gasteiger partial charge in [-0.25, -0.2) is 4.98 Å². The second kappa shape index (κ2) is 8.73. The van der Waals surface area contributed by atoms with E-state index in [1.165, 1.54) is 5.56 Å². The van der Waals surface area contributed by atoms with Gasteiger partial charge in [-0.3, -0.25) is 9.59 Å². The lowest BCUT2D eigenvalue weighted by atomic mass is 9.89. The highest BCUT2D eigenvalue weighted by Gasteiger charge is 2.26. The average Bonchev–Trinajstić information content (AvgIpc) is 2.78. The molecule has 2 aliphatic rings. The second-order valence-corrected chi connectivity index (χ2v) is 7.95. The first-order chi connectivity index (χ1) is 14.6. The van der Waals surface area contributed by atoms with Crippen molar-refractivity contribution in [2.75, 3.05) is 30.4 Å². The van der Waals surface area contributed by atoms with Gasteiger partial charge in [-0.2, -0.15) is 0 Å². The third-order valence-electron chi connectivity index (χ3n) is 5.95. The Bertz CT molecular complexity index is 921. The maximum atomic E-state index is 12.1. The Labute approximate surface area is 176 Å². The van der Waals surface area contributed by atoms with Gasteiger partial charge in [-0.05, 0) is 61.4 Å². The summed E-state index contributed by atoms with van der Waals surface area (Å²) in [5, 5.41) is 5.57. The standard InChI is InChI=1S/C23H28N4O3/c1-3-20-23(29)26-19-13-16(4-7-21(19)30-20)12-15-8-10-27(11-9-15)17-5-6-18(25-14-17)22(28)24-2/h4-7,13-15,20H,3,8-12H2,1-2H3,(H,24,28)(H,26,29)/t20-/m1/s1. The van der Waals surface area contributed by atoms with Crippen molar-refractivity contribution in [3.63, 3.8) is 0 Å². The topological polar surface area (TPSA) is 83.6 Å². The van der Waals surface area contributed by atoms with Crippen LogP contribution in [0.25, 0.3) is 0 Å². The highest BCUT2D eigenvalue weighted by atomic mass is 16.5. The van der Waals surface area contributed by atoms with E-state index in [-0.39, 0.29) is 11.8 Å². The summed E-state index contributed by atoms with van der Waals surface area (Å²) < 4.78 is 5.78. The zero-order chi connectivity index (χ0) is 21.1. The van der Waals surface area contributed by atoms with Gasteiger partial charge in [0.15, 0.2) is 6.10 Å². The van der Waals surface area contributed by atoms with Gasteiger partial charge in [0, 0.05) is 20.1 Å². The van der Waals surface area contributed by atoms with Crippen LogP contribution in [0, 0.1) is 5.92 Å². The Kier molecular flexibility index (Phi) is 5.88. The van der Waals surface area contributed by atoms with E-state index in [1.54, 1.807) is 19.3 Å². The summed E-state index contributed by atoms with van der Waals surface area (Å²) in [5.41, 5.74) is 3.50. The molecule has 7 heteroatoms. The van der Waals surface area contributed by atoms with Crippen LogP contribution >= 0.6 is 0 Å². The van der Waals surface area contributed by atoms with Gasteiger partial charge >= 0.3 is 0 Å². The summed E-state index contributed by atoms with van der Waals surface area (Å²) in [6.07, 6.45) is 5.22. The molecule has 0 spiro atoms. The molecule has 2 aromatic rings. The van der Waals surface area contributed by atoms with Crippen molar-refractivity contribution in [2.24, 2.45) is 5.92 Å². The summed E-state index contributed by atoms with van der Waals surface area (Å²) in [6.45, 7) is 3.88. The molecule has 0 aliphatic carbocycles. The largest absolute Gasteiger partial charge is 0.478 e. The molecule has 2 amide bonds. The van der Waals surface area contributed by atoms with Crippen LogP contribution in [-0.4, -0.2) is 43.0 Å². The molecule has 30 heavy (non-hydrogen) atoms. The van der Waals surface area contributed by atoms with Crippen LogP contribution in [0.5, 0.6) is 5.75 Å². The zero-order valence-corrected chi connectivity index (χ0v) is 17.5. The number of hydrogen-bond acceptors (Lipinski definition) is 5. The molecule has 1 fully saturated rings. The fourth-order valence-electron chi connectivity index (χ4n) is 4.16. The van der Waals surface area contributed by atoms with Crippen LogP contribution in [0.4, 0.5) is 11.4 Å². The number of carbonyl (C=O) groups is 2. The van der Waals surface area contributed by atoms with E-state index >= 15 is 0 Å². The first kappa shape index (κ1) is 20.2. The van der Waals surface area contributed by atoms with Gasteiger partial charge in [0.05, 0.1) is 17.6 Å². The van der Waals surface area contributed by atoms with E-state index < -0.39 is 6.10 Å². The minimum atomic E-state index is -0.396. The fraction of sp³-hybridized carbons (Fsp3) is 0.435. The third-order valence-corrected chi connectivity index (χ3v) is 5.95. The first-order valence-corrected chi connectivity index (χ1v) is 10.6. The predicted molar refractivity (Wildman–Crippen MR) is 116 cm³/mol. The molecule has 2 aliphatic heterocycles. The molecule has 1 aromatic heterocycles. The van der Waals surface area contributed by atoms with Crippen LogP contribution in [0.1, 0.15) is 42.2 Å². The number of piperidine rings is 1. The number of ether oxygens (including phenoxy) is 1. The number of aromatic nitrogens is 1. The van der Waals surface area contributed by atoms with E-state index in [2.05, 4.69) is 26.6 Å². The predicted octanol–water partition coefficient (Wildman–Crippen LogP) is 3.01. The van der Waals surface area contributed by atoms with Gasteiger partial charge in [-0.1, -0.05) is 13.0 Å². The lowest BCUT2D eigenvalue weighted by molar-refractivity contribution is -0.123. The van der Waals surface area contributed by atoms with Crippen molar-refractivity contribution >= 4 is 23.2 Å². The van der Waals surface area contributed by atoms with E-state index in [1.807, 2.05) is 25.1 Å². The minimum Gasteiger partial charge on any atom is -0.478 e. The molecule has 0 radical (unpaired) electrons. The van der Waals surface area contributed by atoms with E-state index in [9.17, 15) is 9.59 Å².